The minimum absolute atomic E-state index is 0.832. The second kappa shape index (κ2) is 8.63. The number of nitrogens with zero attached hydrogens (tertiary/aromatic N) is 3. The molecule has 2 aliphatic heterocycles. The Labute approximate surface area is 205 Å². The number of para-hydroxylation sites is 1. The predicted molar refractivity (Wildman–Crippen MR) is 143 cm³/mol. The summed E-state index contributed by atoms with van der Waals surface area (Å²) in [5.74, 6) is 0. The van der Waals surface area contributed by atoms with E-state index in [4.69, 9.17) is 9.72 Å². The van der Waals surface area contributed by atoms with Gasteiger partial charge < -0.3 is 9.30 Å². The van der Waals surface area contributed by atoms with Crippen LogP contribution in [0, 0.1) is 0 Å². The molecule has 5 aromatic rings. The molecular formula is C31H29N3O. The predicted octanol–water partition coefficient (Wildman–Crippen LogP) is 6.30. The van der Waals surface area contributed by atoms with Crippen LogP contribution in [0.4, 0.5) is 0 Å². The number of aryl methyl sites for hydroxylation is 2. The molecular weight excluding hydrogens is 430 g/mol. The molecule has 3 aromatic carbocycles. The minimum atomic E-state index is 0.832. The van der Waals surface area contributed by atoms with Gasteiger partial charge in [0, 0.05) is 53.6 Å². The van der Waals surface area contributed by atoms with Gasteiger partial charge in [-0.25, -0.2) is 4.98 Å². The maximum absolute atomic E-state index is 5.51. The molecule has 1 saturated heterocycles. The van der Waals surface area contributed by atoms with E-state index >= 15 is 0 Å². The topological polar surface area (TPSA) is 30.3 Å². The van der Waals surface area contributed by atoms with Crippen molar-refractivity contribution in [3.63, 3.8) is 0 Å². The average Bonchev–Trinajstić information content (AvgIpc) is 3.26. The number of rotatable bonds is 4. The second-order valence-electron chi connectivity index (χ2n) is 9.73. The second-order valence-corrected chi connectivity index (χ2v) is 9.73. The van der Waals surface area contributed by atoms with Crippen LogP contribution in [0.1, 0.15) is 17.7 Å². The zero-order chi connectivity index (χ0) is 23.2. The number of ether oxygens (including phenoxy) is 1. The number of hydrogen-bond donors (Lipinski definition) is 0. The molecule has 0 saturated carbocycles. The van der Waals surface area contributed by atoms with Crippen LogP contribution in [0.25, 0.3) is 44.2 Å². The summed E-state index contributed by atoms with van der Waals surface area (Å²) in [6.45, 7) is 5.71. The third-order valence-electron chi connectivity index (χ3n) is 7.57. The van der Waals surface area contributed by atoms with Crippen molar-refractivity contribution in [2.75, 3.05) is 26.3 Å². The molecule has 174 valence electrons. The van der Waals surface area contributed by atoms with Crippen molar-refractivity contribution in [3.05, 3.63) is 90.1 Å². The van der Waals surface area contributed by atoms with Crippen LogP contribution in [-0.4, -0.2) is 40.8 Å². The normalized spacial score (nSPS) is 16.2. The first-order chi connectivity index (χ1) is 17.4. The fraction of sp³-hybridized carbons (Fsp3) is 0.258. The highest BCUT2D eigenvalue weighted by Crippen LogP contribution is 2.44. The molecule has 0 unspecified atom stereocenters. The van der Waals surface area contributed by atoms with E-state index in [1.807, 2.05) is 0 Å². The molecule has 0 spiro atoms. The largest absolute Gasteiger partial charge is 0.379 e. The number of benzene rings is 3. The molecule has 0 bridgehead atoms. The molecule has 0 radical (unpaired) electrons. The van der Waals surface area contributed by atoms with E-state index in [9.17, 15) is 0 Å². The van der Waals surface area contributed by atoms with Crippen LogP contribution in [0.2, 0.25) is 0 Å². The minimum Gasteiger partial charge on any atom is -0.379 e. The molecule has 4 heterocycles. The highest BCUT2D eigenvalue weighted by molar-refractivity contribution is 6.18. The number of hydrogen-bond acceptors (Lipinski definition) is 3. The molecule has 1 fully saturated rings. The van der Waals surface area contributed by atoms with Crippen molar-refractivity contribution < 1.29 is 4.74 Å². The zero-order valence-corrected chi connectivity index (χ0v) is 19.9. The van der Waals surface area contributed by atoms with Gasteiger partial charge in [-0.05, 0) is 30.0 Å². The lowest BCUT2D eigenvalue weighted by molar-refractivity contribution is 0.0342. The molecule has 0 N–H and O–H groups in total. The zero-order valence-electron chi connectivity index (χ0n) is 19.9. The van der Waals surface area contributed by atoms with Gasteiger partial charge in [-0.15, -0.1) is 0 Å². The molecule has 0 amide bonds. The van der Waals surface area contributed by atoms with Gasteiger partial charge in [0.05, 0.1) is 30.1 Å². The van der Waals surface area contributed by atoms with Gasteiger partial charge in [-0.2, -0.15) is 0 Å². The number of morpholine rings is 1. The third kappa shape index (κ3) is 3.56. The Hall–Kier alpha value is -3.47. The van der Waals surface area contributed by atoms with Crippen LogP contribution in [0.5, 0.6) is 0 Å². The Morgan fingerprint density at radius 2 is 1.54 bits per heavy atom. The maximum atomic E-state index is 5.51. The Kier molecular flexibility index (Phi) is 5.15. The Bertz CT molecular complexity index is 1510. The van der Waals surface area contributed by atoms with E-state index in [1.165, 1.54) is 49.8 Å². The number of pyridine rings is 1. The highest BCUT2D eigenvalue weighted by atomic mass is 16.5. The fourth-order valence-electron chi connectivity index (χ4n) is 5.91. The van der Waals surface area contributed by atoms with Gasteiger partial charge in [0.2, 0.25) is 0 Å². The summed E-state index contributed by atoms with van der Waals surface area (Å²) in [5, 5.41) is 2.68. The molecule has 0 aliphatic carbocycles. The first kappa shape index (κ1) is 20.9. The standard InChI is InChI=1S/C31H29N3O/c1-2-7-23(8-3-1)28-29-25-9-4-5-11-27(25)34-16-6-10-26(31(29)34)32-30(28)24-14-12-22(13-15-24)21-33-17-19-35-20-18-33/h1-5,7-9,11-15H,6,10,16-21H2. The molecule has 0 atom stereocenters. The monoisotopic (exact) mass is 459 g/mol. The SMILES string of the molecule is c1ccc(-c2c(-c3ccc(CN4CCOCC4)cc3)nc3c4c2c2ccccc2n4CCC3)cc1. The fourth-order valence-corrected chi connectivity index (χ4v) is 5.91. The lowest BCUT2D eigenvalue weighted by atomic mass is 9.92. The van der Waals surface area contributed by atoms with Crippen molar-refractivity contribution in [1.82, 2.24) is 14.5 Å². The lowest BCUT2D eigenvalue weighted by Crippen LogP contribution is -2.35. The molecule has 4 heteroatoms. The van der Waals surface area contributed by atoms with Crippen LogP contribution >= 0.6 is 0 Å². The van der Waals surface area contributed by atoms with Crippen LogP contribution in [0.3, 0.4) is 0 Å². The highest BCUT2D eigenvalue weighted by Gasteiger charge is 2.25. The van der Waals surface area contributed by atoms with Gasteiger partial charge in [-0.3, -0.25) is 4.90 Å². The van der Waals surface area contributed by atoms with Crippen LogP contribution in [-0.2, 0) is 24.2 Å². The summed E-state index contributed by atoms with van der Waals surface area (Å²) in [6, 6.07) is 28.8. The number of fused-ring (bicyclic) bond motifs is 3. The Morgan fingerprint density at radius 1 is 0.771 bits per heavy atom. The maximum Gasteiger partial charge on any atom is 0.0791 e. The third-order valence-corrected chi connectivity index (χ3v) is 7.57. The first-order valence-electron chi connectivity index (χ1n) is 12.8. The summed E-state index contributed by atoms with van der Waals surface area (Å²) >= 11 is 0. The molecule has 2 aliphatic rings. The Morgan fingerprint density at radius 3 is 2.37 bits per heavy atom. The van der Waals surface area contributed by atoms with Gasteiger partial charge in [0.15, 0.2) is 0 Å². The van der Waals surface area contributed by atoms with Gasteiger partial charge in [0.1, 0.15) is 0 Å². The summed E-state index contributed by atoms with van der Waals surface area (Å²) < 4.78 is 8.01. The molecule has 35 heavy (non-hydrogen) atoms. The summed E-state index contributed by atoms with van der Waals surface area (Å²) in [6.07, 6.45) is 2.17. The van der Waals surface area contributed by atoms with Crippen LogP contribution in [0.15, 0.2) is 78.9 Å². The van der Waals surface area contributed by atoms with Gasteiger partial charge >= 0.3 is 0 Å². The van der Waals surface area contributed by atoms with Crippen molar-refractivity contribution in [1.29, 1.82) is 0 Å². The van der Waals surface area contributed by atoms with E-state index in [0.717, 1.165) is 57.9 Å². The van der Waals surface area contributed by atoms with Crippen molar-refractivity contribution in [2.24, 2.45) is 0 Å². The van der Waals surface area contributed by atoms with Crippen molar-refractivity contribution in [3.8, 4) is 22.4 Å². The molecule has 7 rings (SSSR count). The van der Waals surface area contributed by atoms with E-state index in [0.29, 0.717) is 0 Å². The van der Waals surface area contributed by atoms with E-state index in [2.05, 4.69) is 88.3 Å². The number of aromatic nitrogens is 2. The van der Waals surface area contributed by atoms with E-state index in [-0.39, 0.29) is 0 Å². The van der Waals surface area contributed by atoms with E-state index < -0.39 is 0 Å². The first-order valence-corrected chi connectivity index (χ1v) is 12.8. The lowest BCUT2D eigenvalue weighted by Gasteiger charge is -2.26. The summed E-state index contributed by atoms with van der Waals surface area (Å²) in [7, 11) is 0. The summed E-state index contributed by atoms with van der Waals surface area (Å²) in [5.41, 5.74) is 9.99. The van der Waals surface area contributed by atoms with Crippen LogP contribution < -0.4 is 0 Å². The molecule has 2 aromatic heterocycles. The van der Waals surface area contributed by atoms with Crippen molar-refractivity contribution >= 4 is 21.8 Å². The molecule has 4 nitrogen and oxygen atoms in total. The average molecular weight is 460 g/mol. The van der Waals surface area contributed by atoms with Gasteiger partial charge in [-0.1, -0.05) is 72.8 Å². The van der Waals surface area contributed by atoms with E-state index in [1.54, 1.807) is 0 Å². The van der Waals surface area contributed by atoms with Gasteiger partial charge in [0.25, 0.3) is 0 Å². The Balaban J connectivity index is 1.43. The quantitative estimate of drug-likeness (QED) is 0.316. The summed E-state index contributed by atoms with van der Waals surface area (Å²) in [4.78, 5) is 7.84. The van der Waals surface area contributed by atoms with Crippen molar-refractivity contribution in [2.45, 2.75) is 25.9 Å². The smallest absolute Gasteiger partial charge is 0.0791 e.